The van der Waals surface area contributed by atoms with Crippen LogP contribution in [0, 0.1) is 6.92 Å². The van der Waals surface area contributed by atoms with Crippen molar-refractivity contribution in [3.8, 4) is 0 Å². The topological polar surface area (TPSA) is 23.5 Å². The molecule has 1 aromatic carbocycles. The molecule has 0 aromatic heterocycles. The van der Waals surface area contributed by atoms with Gasteiger partial charge in [0.25, 0.3) is 0 Å². The highest BCUT2D eigenvalue weighted by atomic mass is 16.3. The molecule has 82 valence electrons. The van der Waals surface area contributed by atoms with Crippen molar-refractivity contribution in [1.82, 2.24) is 4.90 Å². The van der Waals surface area contributed by atoms with Crippen LogP contribution in [0.2, 0.25) is 0 Å². The number of aliphatic hydroxyl groups is 1. The van der Waals surface area contributed by atoms with Crippen LogP contribution < -0.4 is 0 Å². The van der Waals surface area contributed by atoms with Crippen LogP contribution in [0.15, 0.2) is 12.1 Å². The molecule has 0 spiro atoms. The summed E-state index contributed by atoms with van der Waals surface area (Å²) in [6.07, 6.45) is 2.25. The van der Waals surface area contributed by atoms with Gasteiger partial charge in [0.15, 0.2) is 0 Å². The van der Waals surface area contributed by atoms with E-state index in [0.717, 1.165) is 31.5 Å². The highest BCUT2D eigenvalue weighted by Crippen LogP contribution is 2.22. The number of hydrogen-bond acceptors (Lipinski definition) is 2. The van der Waals surface area contributed by atoms with E-state index in [9.17, 15) is 5.11 Å². The predicted molar refractivity (Wildman–Crippen MR) is 62.0 cm³/mol. The Morgan fingerprint density at radius 3 is 2.73 bits per heavy atom. The second-order valence-corrected chi connectivity index (χ2v) is 4.45. The minimum atomic E-state index is 0.162. The van der Waals surface area contributed by atoms with E-state index in [2.05, 4.69) is 31.0 Å². The van der Waals surface area contributed by atoms with Crippen LogP contribution in [0.5, 0.6) is 0 Å². The van der Waals surface area contributed by atoms with Gasteiger partial charge in [-0.15, -0.1) is 0 Å². The molecule has 1 aliphatic heterocycles. The zero-order chi connectivity index (χ0) is 10.8. The average Bonchev–Trinajstić information content (AvgIpc) is 2.42. The van der Waals surface area contributed by atoms with E-state index in [1.807, 2.05) is 0 Å². The molecule has 0 amide bonds. The van der Waals surface area contributed by atoms with Crippen molar-refractivity contribution in [2.45, 2.75) is 26.4 Å². The fraction of sp³-hybridized carbons (Fsp3) is 0.538. The molecule has 0 fully saturated rings. The lowest BCUT2D eigenvalue weighted by Gasteiger charge is -2.12. The Morgan fingerprint density at radius 1 is 1.27 bits per heavy atom. The maximum atomic E-state index is 9.23. The van der Waals surface area contributed by atoms with Crippen LogP contribution in [0.1, 0.15) is 22.3 Å². The first-order valence-electron chi connectivity index (χ1n) is 5.62. The van der Waals surface area contributed by atoms with Crippen molar-refractivity contribution >= 4 is 0 Å². The molecule has 1 heterocycles. The molecule has 1 aliphatic rings. The van der Waals surface area contributed by atoms with E-state index < -0.39 is 0 Å². The van der Waals surface area contributed by atoms with E-state index in [-0.39, 0.29) is 6.61 Å². The third kappa shape index (κ3) is 2.06. The molecule has 15 heavy (non-hydrogen) atoms. The van der Waals surface area contributed by atoms with Gasteiger partial charge in [-0.2, -0.15) is 0 Å². The summed E-state index contributed by atoms with van der Waals surface area (Å²) in [5, 5.41) is 9.23. The van der Waals surface area contributed by atoms with E-state index >= 15 is 0 Å². The maximum Gasteiger partial charge on any atom is 0.0684 e. The molecule has 0 radical (unpaired) electrons. The SMILES string of the molecule is Cc1c(CO)ccc2c1CCN(C)CC2. The van der Waals surface area contributed by atoms with E-state index in [1.165, 1.54) is 16.7 Å². The number of rotatable bonds is 1. The van der Waals surface area contributed by atoms with E-state index in [0.29, 0.717) is 0 Å². The first kappa shape index (κ1) is 10.7. The number of fused-ring (bicyclic) bond motifs is 1. The molecule has 0 aliphatic carbocycles. The van der Waals surface area contributed by atoms with Gasteiger partial charge in [0.2, 0.25) is 0 Å². The predicted octanol–water partition coefficient (Wildman–Crippen LogP) is 1.52. The standard InChI is InChI=1S/C13H19NO/c1-10-12(9-15)4-3-11-5-7-14(2)8-6-13(10)11/h3-4,15H,5-9H2,1-2H3. The van der Waals surface area contributed by atoms with Crippen LogP contribution in [-0.2, 0) is 19.4 Å². The van der Waals surface area contributed by atoms with Gasteiger partial charge in [-0.3, -0.25) is 0 Å². The summed E-state index contributed by atoms with van der Waals surface area (Å²) in [4.78, 5) is 2.37. The molecule has 1 N–H and O–H groups in total. The smallest absolute Gasteiger partial charge is 0.0684 e. The molecule has 2 nitrogen and oxygen atoms in total. The van der Waals surface area contributed by atoms with Crippen LogP contribution >= 0.6 is 0 Å². The van der Waals surface area contributed by atoms with Crippen LogP contribution in [-0.4, -0.2) is 30.1 Å². The molecule has 2 rings (SSSR count). The van der Waals surface area contributed by atoms with Gasteiger partial charge < -0.3 is 10.0 Å². The normalized spacial score (nSPS) is 17.3. The van der Waals surface area contributed by atoms with Crippen molar-refractivity contribution in [3.05, 3.63) is 34.4 Å². The summed E-state index contributed by atoms with van der Waals surface area (Å²) >= 11 is 0. The summed E-state index contributed by atoms with van der Waals surface area (Å²) < 4.78 is 0. The van der Waals surface area contributed by atoms with Gasteiger partial charge in [0.1, 0.15) is 0 Å². The van der Waals surface area contributed by atoms with Crippen LogP contribution in [0.25, 0.3) is 0 Å². The third-order valence-corrected chi connectivity index (χ3v) is 3.48. The number of likely N-dealkylation sites (N-methyl/N-ethyl adjacent to an activating group) is 1. The summed E-state index contributed by atoms with van der Waals surface area (Å²) in [6.45, 7) is 4.57. The minimum absolute atomic E-state index is 0.162. The van der Waals surface area contributed by atoms with Crippen LogP contribution in [0.4, 0.5) is 0 Å². The first-order valence-corrected chi connectivity index (χ1v) is 5.62. The summed E-state index contributed by atoms with van der Waals surface area (Å²) in [5.74, 6) is 0. The van der Waals surface area contributed by atoms with Crippen LogP contribution in [0.3, 0.4) is 0 Å². The monoisotopic (exact) mass is 205 g/mol. The summed E-state index contributed by atoms with van der Waals surface area (Å²) in [5.41, 5.74) is 5.31. The van der Waals surface area contributed by atoms with Gasteiger partial charge in [0, 0.05) is 13.1 Å². The Bertz CT molecular complexity index is 360. The Hall–Kier alpha value is -0.860. The molecule has 1 aromatic rings. The number of benzene rings is 1. The highest BCUT2D eigenvalue weighted by Gasteiger charge is 2.14. The lowest BCUT2D eigenvalue weighted by atomic mass is 9.94. The fourth-order valence-electron chi connectivity index (χ4n) is 2.34. The Balaban J connectivity index is 2.39. The molecular weight excluding hydrogens is 186 g/mol. The lowest BCUT2D eigenvalue weighted by Crippen LogP contribution is -2.20. The zero-order valence-corrected chi connectivity index (χ0v) is 9.58. The molecular formula is C13H19NO. The van der Waals surface area contributed by atoms with Crippen molar-refractivity contribution < 1.29 is 5.11 Å². The van der Waals surface area contributed by atoms with Gasteiger partial charge in [0.05, 0.1) is 6.61 Å². The van der Waals surface area contributed by atoms with E-state index in [1.54, 1.807) is 0 Å². The molecule has 2 heteroatoms. The maximum absolute atomic E-state index is 9.23. The molecule has 0 atom stereocenters. The fourth-order valence-corrected chi connectivity index (χ4v) is 2.34. The van der Waals surface area contributed by atoms with Gasteiger partial charge in [-0.05, 0) is 49.1 Å². The molecule has 0 saturated heterocycles. The second-order valence-electron chi connectivity index (χ2n) is 4.45. The second kappa shape index (κ2) is 4.33. The number of hydrogen-bond donors (Lipinski definition) is 1. The highest BCUT2D eigenvalue weighted by molar-refractivity contribution is 5.41. The number of nitrogens with zero attached hydrogens (tertiary/aromatic N) is 1. The van der Waals surface area contributed by atoms with E-state index in [4.69, 9.17) is 0 Å². The summed E-state index contributed by atoms with van der Waals surface area (Å²) in [7, 11) is 2.17. The Labute approximate surface area is 91.5 Å². The Morgan fingerprint density at radius 2 is 2.00 bits per heavy atom. The summed E-state index contributed by atoms with van der Waals surface area (Å²) in [6, 6.07) is 4.26. The quantitative estimate of drug-likeness (QED) is 0.751. The lowest BCUT2D eigenvalue weighted by molar-refractivity contribution is 0.281. The zero-order valence-electron chi connectivity index (χ0n) is 9.58. The van der Waals surface area contributed by atoms with Gasteiger partial charge >= 0.3 is 0 Å². The molecule has 0 unspecified atom stereocenters. The third-order valence-electron chi connectivity index (χ3n) is 3.48. The van der Waals surface area contributed by atoms with Crippen molar-refractivity contribution in [3.63, 3.8) is 0 Å². The minimum Gasteiger partial charge on any atom is -0.392 e. The van der Waals surface area contributed by atoms with Gasteiger partial charge in [-0.1, -0.05) is 12.1 Å². The van der Waals surface area contributed by atoms with Crippen molar-refractivity contribution in [2.24, 2.45) is 0 Å². The van der Waals surface area contributed by atoms with Crippen molar-refractivity contribution in [1.29, 1.82) is 0 Å². The first-order chi connectivity index (χ1) is 7.22. The van der Waals surface area contributed by atoms with Crippen molar-refractivity contribution in [2.75, 3.05) is 20.1 Å². The Kier molecular flexibility index (Phi) is 3.08. The van der Waals surface area contributed by atoms with Gasteiger partial charge in [-0.25, -0.2) is 0 Å². The number of aliphatic hydroxyl groups excluding tert-OH is 1. The average molecular weight is 205 g/mol. The molecule has 0 bridgehead atoms. The largest absolute Gasteiger partial charge is 0.392 e. The molecule has 0 saturated carbocycles.